The number of pyridine rings is 1. The summed E-state index contributed by atoms with van der Waals surface area (Å²) in [4.78, 5) is 0.0214. The molecule has 0 amide bonds. The first-order chi connectivity index (χ1) is 11.5. The van der Waals surface area contributed by atoms with E-state index in [4.69, 9.17) is 9.47 Å². The zero-order valence-electron chi connectivity index (χ0n) is 13.3. The van der Waals surface area contributed by atoms with E-state index in [9.17, 15) is 8.42 Å². The van der Waals surface area contributed by atoms with E-state index in [2.05, 4.69) is 9.82 Å². The Balaban J connectivity index is 1.85. The van der Waals surface area contributed by atoms with Crippen molar-refractivity contribution < 1.29 is 17.9 Å². The Kier molecular flexibility index (Phi) is 4.41. The molecule has 2 heterocycles. The maximum Gasteiger partial charge on any atom is 0.244 e. The lowest BCUT2D eigenvalue weighted by molar-refractivity contribution is 0.392. The third-order valence-electron chi connectivity index (χ3n) is 3.52. The normalized spacial score (nSPS) is 11.6. The molecule has 0 atom stereocenters. The number of ether oxygens (including phenoxy) is 2. The molecule has 0 fully saturated rings. The summed E-state index contributed by atoms with van der Waals surface area (Å²) in [5, 5.41) is 4.32. The summed E-state index contributed by atoms with van der Waals surface area (Å²) in [5.41, 5.74) is 1.51. The third-order valence-corrected chi connectivity index (χ3v) is 4.95. The van der Waals surface area contributed by atoms with Crippen molar-refractivity contribution in [2.24, 2.45) is 0 Å². The van der Waals surface area contributed by atoms with Gasteiger partial charge < -0.3 is 9.47 Å². The number of benzene rings is 1. The molecular weight excluding hydrogens is 330 g/mol. The second-order valence-corrected chi connectivity index (χ2v) is 6.78. The van der Waals surface area contributed by atoms with Gasteiger partial charge in [-0.3, -0.25) is 0 Å². The van der Waals surface area contributed by atoms with E-state index in [1.165, 1.54) is 20.3 Å². The molecule has 1 aromatic carbocycles. The van der Waals surface area contributed by atoms with E-state index in [1.807, 2.05) is 24.3 Å². The smallest absolute Gasteiger partial charge is 0.244 e. The topological polar surface area (TPSA) is 81.9 Å². The molecule has 2 aromatic heterocycles. The van der Waals surface area contributed by atoms with Gasteiger partial charge in [0.1, 0.15) is 16.4 Å². The first-order valence-electron chi connectivity index (χ1n) is 7.18. The lowest BCUT2D eigenvalue weighted by Crippen LogP contribution is -2.24. The number of hydrogen-bond acceptors (Lipinski definition) is 5. The zero-order valence-corrected chi connectivity index (χ0v) is 14.1. The van der Waals surface area contributed by atoms with Gasteiger partial charge in [-0.15, -0.1) is 0 Å². The van der Waals surface area contributed by atoms with Crippen LogP contribution in [0.2, 0.25) is 0 Å². The van der Waals surface area contributed by atoms with Gasteiger partial charge in [0.2, 0.25) is 10.0 Å². The minimum absolute atomic E-state index is 0.0214. The summed E-state index contributed by atoms with van der Waals surface area (Å²) in [6.45, 7) is 0.0738. The fourth-order valence-electron chi connectivity index (χ4n) is 2.32. The molecule has 0 bridgehead atoms. The van der Waals surface area contributed by atoms with Gasteiger partial charge in [0, 0.05) is 12.3 Å². The standard InChI is InChI=1S/C16H17N3O4S/c1-22-14-6-7-15(23-2)16(10-14)24(20,21)17-11-12-9-13-5-3-4-8-19(13)18-12/h3-10,17H,11H2,1-2H3. The van der Waals surface area contributed by atoms with E-state index in [0.717, 1.165) is 5.52 Å². The molecule has 0 unspecified atom stereocenters. The second kappa shape index (κ2) is 6.50. The van der Waals surface area contributed by atoms with Gasteiger partial charge in [-0.2, -0.15) is 5.10 Å². The predicted octanol–water partition coefficient (Wildman–Crippen LogP) is 1.83. The number of methoxy groups -OCH3 is 2. The SMILES string of the molecule is COc1ccc(OC)c(S(=O)(=O)NCc2cc3ccccn3n2)c1. The van der Waals surface area contributed by atoms with Crippen LogP contribution in [-0.2, 0) is 16.6 Å². The van der Waals surface area contributed by atoms with Crippen molar-refractivity contribution >= 4 is 15.5 Å². The average molecular weight is 347 g/mol. The Hall–Kier alpha value is -2.58. The van der Waals surface area contributed by atoms with Crippen LogP contribution in [0, 0.1) is 0 Å². The van der Waals surface area contributed by atoms with Crippen molar-refractivity contribution in [1.82, 2.24) is 14.3 Å². The van der Waals surface area contributed by atoms with Crippen molar-refractivity contribution in [1.29, 1.82) is 0 Å². The number of sulfonamides is 1. The Morgan fingerprint density at radius 3 is 2.67 bits per heavy atom. The van der Waals surface area contributed by atoms with Crippen LogP contribution in [0.4, 0.5) is 0 Å². The molecule has 0 radical (unpaired) electrons. The fourth-order valence-corrected chi connectivity index (χ4v) is 3.50. The van der Waals surface area contributed by atoms with Gasteiger partial charge in [-0.25, -0.2) is 17.7 Å². The second-order valence-electron chi connectivity index (χ2n) is 5.05. The van der Waals surface area contributed by atoms with Crippen molar-refractivity contribution in [3.05, 3.63) is 54.4 Å². The number of rotatable bonds is 6. The molecule has 24 heavy (non-hydrogen) atoms. The molecule has 0 saturated heterocycles. The minimum Gasteiger partial charge on any atom is -0.497 e. The Morgan fingerprint density at radius 2 is 1.96 bits per heavy atom. The number of fused-ring (bicyclic) bond motifs is 1. The molecule has 0 aliphatic carbocycles. The number of nitrogens with zero attached hydrogens (tertiary/aromatic N) is 2. The van der Waals surface area contributed by atoms with Gasteiger partial charge in [0.25, 0.3) is 0 Å². The van der Waals surface area contributed by atoms with E-state index in [-0.39, 0.29) is 17.2 Å². The van der Waals surface area contributed by atoms with Crippen molar-refractivity contribution in [3.8, 4) is 11.5 Å². The van der Waals surface area contributed by atoms with Crippen LogP contribution in [0.1, 0.15) is 5.69 Å². The number of nitrogens with one attached hydrogen (secondary N) is 1. The summed E-state index contributed by atoms with van der Waals surface area (Å²) in [6, 6.07) is 12.1. The molecule has 3 aromatic rings. The monoisotopic (exact) mass is 347 g/mol. The minimum atomic E-state index is -3.78. The predicted molar refractivity (Wildman–Crippen MR) is 88.8 cm³/mol. The van der Waals surface area contributed by atoms with Gasteiger partial charge in [-0.05, 0) is 30.3 Å². The molecule has 0 spiro atoms. The lowest BCUT2D eigenvalue weighted by Gasteiger charge is -2.11. The van der Waals surface area contributed by atoms with Gasteiger partial charge in [-0.1, -0.05) is 6.07 Å². The van der Waals surface area contributed by atoms with E-state index in [1.54, 1.807) is 22.8 Å². The third kappa shape index (κ3) is 3.19. The van der Waals surface area contributed by atoms with Gasteiger partial charge >= 0.3 is 0 Å². The average Bonchev–Trinajstić information content (AvgIpc) is 3.02. The maximum atomic E-state index is 12.6. The summed E-state index contributed by atoms with van der Waals surface area (Å²) in [7, 11) is -0.881. The molecule has 0 aliphatic rings. The van der Waals surface area contributed by atoms with Crippen LogP contribution in [0.25, 0.3) is 5.52 Å². The van der Waals surface area contributed by atoms with E-state index < -0.39 is 10.0 Å². The van der Waals surface area contributed by atoms with Crippen LogP contribution in [0.5, 0.6) is 11.5 Å². The molecule has 0 aliphatic heterocycles. The van der Waals surface area contributed by atoms with Gasteiger partial charge in [0.15, 0.2) is 0 Å². The highest BCUT2D eigenvalue weighted by Gasteiger charge is 2.20. The highest BCUT2D eigenvalue weighted by molar-refractivity contribution is 7.89. The molecule has 7 nitrogen and oxygen atoms in total. The summed E-state index contributed by atoms with van der Waals surface area (Å²) >= 11 is 0. The van der Waals surface area contributed by atoms with Crippen LogP contribution in [0.3, 0.4) is 0 Å². The van der Waals surface area contributed by atoms with Crippen LogP contribution < -0.4 is 14.2 Å². The summed E-state index contributed by atoms with van der Waals surface area (Å²) < 4.78 is 39.6. The molecule has 126 valence electrons. The zero-order chi connectivity index (χ0) is 17.2. The molecule has 1 N–H and O–H groups in total. The quantitative estimate of drug-likeness (QED) is 0.736. The maximum absolute atomic E-state index is 12.6. The molecule has 8 heteroatoms. The lowest BCUT2D eigenvalue weighted by atomic mass is 10.3. The fraction of sp³-hybridized carbons (Fsp3) is 0.188. The van der Waals surface area contributed by atoms with Crippen LogP contribution in [-0.4, -0.2) is 32.3 Å². The largest absolute Gasteiger partial charge is 0.497 e. The van der Waals surface area contributed by atoms with Crippen LogP contribution >= 0.6 is 0 Å². The van der Waals surface area contributed by atoms with Crippen LogP contribution in [0.15, 0.2) is 53.6 Å². The van der Waals surface area contributed by atoms with Crippen molar-refractivity contribution in [3.63, 3.8) is 0 Å². The number of aromatic nitrogens is 2. The Labute approximate surface area is 139 Å². The van der Waals surface area contributed by atoms with Crippen molar-refractivity contribution in [2.75, 3.05) is 14.2 Å². The highest BCUT2D eigenvalue weighted by atomic mass is 32.2. The first-order valence-corrected chi connectivity index (χ1v) is 8.67. The number of hydrogen-bond donors (Lipinski definition) is 1. The summed E-state index contributed by atoms with van der Waals surface area (Å²) in [5.74, 6) is 0.683. The molecular formula is C16H17N3O4S. The Bertz CT molecular complexity index is 933. The molecule has 3 rings (SSSR count). The van der Waals surface area contributed by atoms with Gasteiger partial charge in [0.05, 0.1) is 32.0 Å². The summed E-state index contributed by atoms with van der Waals surface area (Å²) in [6.07, 6.45) is 1.80. The van der Waals surface area contributed by atoms with E-state index >= 15 is 0 Å². The highest BCUT2D eigenvalue weighted by Crippen LogP contribution is 2.28. The van der Waals surface area contributed by atoms with Crippen molar-refractivity contribution in [2.45, 2.75) is 11.4 Å². The van der Waals surface area contributed by atoms with E-state index in [0.29, 0.717) is 11.4 Å². The molecule has 0 saturated carbocycles. The first kappa shape index (κ1) is 16.3. The Morgan fingerprint density at radius 1 is 1.12 bits per heavy atom.